The molecule has 0 spiro atoms. The van der Waals surface area contributed by atoms with Gasteiger partial charge in [-0.3, -0.25) is 0 Å². The number of hydrogen-bond acceptors (Lipinski definition) is 1. The second-order valence-corrected chi connectivity index (χ2v) is 3.40. The lowest BCUT2D eigenvalue weighted by Gasteiger charge is -1.99. The van der Waals surface area contributed by atoms with E-state index < -0.39 is 11.8 Å². The highest BCUT2D eigenvalue weighted by Gasteiger charge is 2.04. The van der Waals surface area contributed by atoms with Crippen LogP contribution in [-0.4, -0.2) is 11.1 Å². The third-order valence-electron chi connectivity index (χ3n) is 2.27. The fourth-order valence-electron chi connectivity index (χ4n) is 1.51. The Morgan fingerprint density at radius 1 is 1.12 bits per heavy atom. The molecule has 0 atom stereocenters. The van der Waals surface area contributed by atoms with Gasteiger partial charge in [-0.25, -0.2) is 4.79 Å². The van der Waals surface area contributed by atoms with Gasteiger partial charge in [0.05, 0.1) is 0 Å². The third kappa shape index (κ3) is 2.08. The van der Waals surface area contributed by atoms with Gasteiger partial charge in [0.15, 0.2) is 0 Å². The highest BCUT2D eigenvalue weighted by Crippen LogP contribution is 2.17. The zero-order valence-corrected chi connectivity index (χ0v) is 8.35. The van der Waals surface area contributed by atoms with Crippen molar-refractivity contribution in [3.63, 3.8) is 0 Å². The molecule has 0 unspecified atom stereocenters. The minimum atomic E-state index is -1.55. The Morgan fingerprint density at radius 3 is 2.50 bits per heavy atom. The van der Waals surface area contributed by atoms with Crippen molar-refractivity contribution >= 4 is 22.8 Å². The molecule has 3 heteroatoms. The van der Waals surface area contributed by atoms with Crippen LogP contribution < -0.4 is 0 Å². The zero-order valence-electron chi connectivity index (χ0n) is 8.35. The first-order valence-electron chi connectivity index (χ1n) is 4.76. The molecule has 0 amide bonds. The summed E-state index contributed by atoms with van der Waals surface area (Å²) in [7, 11) is 0. The third-order valence-corrected chi connectivity index (χ3v) is 2.27. The van der Waals surface area contributed by atoms with Gasteiger partial charge in [0, 0.05) is 0 Å². The smallest absolute Gasteiger partial charge is 0.364 e. The maximum absolute atomic E-state index is 12.9. The lowest BCUT2D eigenvalue weighted by Crippen LogP contribution is -1.93. The molecule has 0 fully saturated rings. The zero-order chi connectivity index (χ0) is 11.5. The first kappa shape index (κ1) is 10.4. The molecule has 0 saturated carbocycles. The summed E-state index contributed by atoms with van der Waals surface area (Å²) < 4.78 is 12.9. The second kappa shape index (κ2) is 4.14. The predicted molar refractivity (Wildman–Crippen MR) is 60.7 cm³/mol. The Hall–Kier alpha value is -2.16. The molecule has 0 radical (unpaired) electrons. The molecular formula is C13H9FO2. The van der Waals surface area contributed by atoms with Gasteiger partial charge >= 0.3 is 5.97 Å². The van der Waals surface area contributed by atoms with Crippen LogP contribution in [0.1, 0.15) is 5.56 Å². The molecule has 80 valence electrons. The molecular weight excluding hydrogens is 207 g/mol. The van der Waals surface area contributed by atoms with Gasteiger partial charge in [-0.2, -0.15) is 4.39 Å². The monoisotopic (exact) mass is 216 g/mol. The first-order chi connectivity index (χ1) is 7.66. The second-order valence-electron chi connectivity index (χ2n) is 3.40. The average Bonchev–Trinajstić information content (AvgIpc) is 2.28. The van der Waals surface area contributed by atoms with Crippen LogP contribution in [-0.2, 0) is 4.79 Å². The molecule has 2 aromatic rings. The molecule has 2 aromatic carbocycles. The summed E-state index contributed by atoms with van der Waals surface area (Å²) in [6.07, 6.45) is 1.01. The number of benzene rings is 2. The Morgan fingerprint density at radius 2 is 1.81 bits per heavy atom. The summed E-state index contributed by atoms with van der Waals surface area (Å²) in [6.45, 7) is 0. The minimum absolute atomic E-state index is 0.540. The highest BCUT2D eigenvalue weighted by atomic mass is 19.1. The number of carbonyl (C=O) groups is 1. The Kier molecular flexibility index (Phi) is 2.68. The van der Waals surface area contributed by atoms with Crippen molar-refractivity contribution in [2.24, 2.45) is 0 Å². The van der Waals surface area contributed by atoms with Gasteiger partial charge in [0.2, 0.25) is 5.83 Å². The van der Waals surface area contributed by atoms with Gasteiger partial charge in [0.25, 0.3) is 0 Å². The van der Waals surface area contributed by atoms with Crippen LogP contribution in [0.3, 0.4) is 0 Å². The quantitative estimate of drug-likeness (QED) is 0.782. The molecule has 1 N–H and O–H groups in total. The summed E-state index contributed by atoms with van der Waals surface area (Å²) in [6, 6.07) is 12.9. The molecule has 0 saturated heterocycles. The predicted octanol–water partition coefficient (Wildman–Crippen LogP) is 3.23. The molecule has 2 rings (SSSR count). The minimum Gasteiger partial charge on any atom is -0.476 e. The van der Waals surface area contributed by atoms with Crippen LogP contribution in [0, 0.1) is 0 Å². The number of carboxylic acids is 1. The molecule has 0 aliphatic carbocycles. The van der Waals surface area contributed by atoms with Crippen molar-refractivity contribution < 1.29 is 14.3 Å². The normalized spacial score (nSPS) is 11.7. The van der Waals surface area contributed by atoms with E-state index >= 15 is 0 Å². The van der Waals surface area contributed by atoms with E-state index in [1.165, 1.54) is 0 Å². The average molecular weight is 216 g/mol. The van der Waals surface area contributed by atoms with Crippen molar-refractivity contribution in [1.29, 1.82) is 0 Å². The summed E-state index contributed by atoms with van der Waals surface area (Å²) >= 11 is 0. The van der Waals surface area contributed by atoms with Crippen molar-refractivity contribution in [3.05, 3.63) is 53.9 Å². The van der Waals surface area contributed by atoms with Crippen LogP contribution in [0.4, 0.5) is 4.39 Å². The molecule has 16 heavy (non-hydrogen) atoms. The topological polar surface area (TPSA) is 37.3 Å². The number of rotatable bonds is 2. The summed E-state index contributed by atoms with van der Waals surface area (Å²) in [5.41, 5.74) is 0.540. The van der Waals surface area contributed by atoms with E-state index in [9.17, 15) is 9.18 Å². The van der Waals surface area contributed by atoms with Crippen molar-refractivity contribution in [1.82, 2.24) is 0 Å². The Labute approximate surface area is 91.6 Å². The lowest BCUT2D eigenvalue weighted by atomic mass is 10.1. The van der Waals surface area contributed by atoms with Gasteiger partial charge in [-0.15, -0.1) is 0 Å². The lowest BCUT2D eigenvalue weighted by molar-refractivity contribution is -0.134. The number of aliphatic carboxylic acids is 1. The molecule has 0 aromatic heterocycles. The van der Waals surface area contributed by atoms with E-state index in [-0.39, 0.29) is 0 Å². The van der Waals surface area contributed by atoms with E-state index in [1.807, 2.05) is 30.3 Å². The largest absolute Gasteiger partial charge is 0.476 e. The van der Waals surface area contributed by atoms with Crippen molar-refractivity contribution in [2.45, 2.75) is 0 Å². The highest BCUT2D eigenvalue weighted by molar-refractivity contribution is 5.91. The first-order valence-corrected chi connectivity index (χ1v) is 4.76. The van der Waals surface area contributed by atoms with E-state index in [2.05, 4.69) is 0 Å². The van der Waals surface area contributed by atoms with E-state index in [0.29, 0.717) is 5.56 Å². The van der Waals surface area contributed by atoms with Crippen LogP contribution in [0.5, 0.6) is 0 Å². The van der Waals surface area contributed by atoms with Gasteiger partial charge in [-0.05, 0) is 28.5 Å². The summed E-state index contributed by atoms with van der Waals surface area (Å²) in [5, 5.41) is 10.4. The van der Waals surface area contributed by atoms with Crippen molar-refractivity contribution in [2.75, 3.05) is 0 Å². The van der Waals surface area contributed by atoms with Crippen LogP contribution in [0.15, 0.2) is 48.3 Å². The van der Waals surface area contributed by atoms with Gasteiger partial charge in [-0.1, -0.05) is 36.4 Å². The van der Waals surface area contributed by atoms with E-state index in [1.54, 1.807) is 12.1 Å². The van der Waals surface area contributed by atoms with Gasteiger partial charge in [0.1, 0.15) is 0 Å². The number of fused-ring (bicyclic) bond motifs is 1. The SMILES string of the molecule is O=C(O)C(F)=Cc1ccc2ccccc2c1. The summed E-state index contributed by atoms with van der Waals surface area (Å²) in [5.74, 6) is -2.71. The molecule has 0 aliphatic rings. The fraction of sp³-hybridized carbons (Fsp3) is 0. The fourth-order valence-corrected chi connectivity index (χ4v) is 1.51. The maximum Gasteiger partial charge on any atom is 0.364 e. The number of carboxylic acid groups (broad SMARTS) is 1. The maximum atomic E-state index is 12.9. The van der Waals surface area contributed by atoms with E-state index in [4.69, 9.17) is 5.11 Å². The Balaban J connectivity index is 2.47. The standard InChI is InChI=1S/C13H9FO2/c14-12(13(15)16)8-9-5-6-10-3-1-2-4-11(10)7-9/h1-8H,(H,15,16). The summed E-state index contributed by atoms with van der Waals surface area (Å²) in [4.78, 5) is 10.3. The number of halogens is 1. The molecule has 0 bridgehead atoms. The number of hydrogen-bond donors (Lipinski definition) is 1. The van der Waals surface area contributed by atoms with Crippen molar-refractivity contribution in [3.8, 4) is 0 Å². The van der Waals surface area contributed by atoms with Crippen LogP contribution >= 0.6 is 0 Å². The molecule has 0 heterocycles. The van der Waals surface area contributed by atoms with Gasteiger partial charge < -0.3 is 5.11 Å². The molecule has 0 aliphatic heterocycles. The molecule has 2 nitrogen and oxygen atoms in total. The van der Waals surface area contributed by atoms with Crippen LogP contribution in [0.25, 0.3) is 16.8 Å². The van der Waals surface area contributed by atoms with Crippen LogP contribution in [0.2, 0.25) is 0 Å². The Bertz CT molecular complexity index is 573. The van der Waals surface area contributed by atoms with E-state index in [0.717, 1.165) is 16.8 Å².